The highest BCUT2D eigenvalue weighted by Crippen LogP contribution is 2.38. The summed E-state index contributed by atoms with van der Waals surface area (Å²) in [5.74, 6) is 1.77. The van der Waals surface area contributed by atoms with Crippen LogP contribution in [-0.4, -0.2) is 79.7 Å². The van der Waals surface area contributed by atoms with E-state index in [0.717, 1.165) is 139 Å². The lowest BCUT2D eigenvalue weighted by molar-refractivity contribution is 0.211. The number of nitrogens with one attached hydrogen (secondary N) is 2. The molecule has 6 aromatic rings. The lowest BCUT2D eigenvalue weighted by Gasteiger charge is -2.33. The van der Waals surface area contributed by atoms with Crippen molar-refractivity contribution in [1.82, 2.24) is 29.7 Å². The van der Waals surface area contributed by atoms with Crippen LogP contribution in [0.5, 0.6) is 0 Å². The van der Waals surface area contributed by atoms with E-state index in [1.165, 1.54) is 29.1 Å². The van der Waals surface area contributed by atoms with Gasteiger partial charge >= 0.3 is 0 Å². The summed E-state index contributed by atoms with van der Waals surface area (Å²) in [6, 6.07) is 16.5. The van der Waals surface area contributed by atoms with Crippen molar-refractivity contribution in [1.29, 1.82) is 0 Å². The van der Waals surface area contributed by atoms with E-state index in [9.17, 15) is 0 Å². The molecule has 3 N–H and O–H groups in total. The van der Waals surface area contributed by atoms with Gasteiger partial charge in [0.15, 0.2) is 11.4 Å². The van der Waals surface area contributed by atoms with Gasteiger partial charge in [0.05, 0.1) is 32.6 Å². The van der Waals surface area contributed by atoms with Gasteiger partial charge in [-0.05, 0) is 68.7 Å². The van der Waals surface area contributed by atoms with E-state index in [2.05, 4.69) is 76.0 Å². The maximum atomic E-state index is 7.57. The highest BCUT2D eigenvalue weighted by Gasteiger charge is 2.24. The fraction of sp³-hybridized carbons (Fsp3) is 0.422. The van der Waals surface area contributed by atoms with Crippen molar-refractivity contribution < 1.29 is 5.11 Å². The van der Waals surface area contributed by atoms with Gasteiger partial charge < -0.3 is 25.5 Å². The van der Waals surface area contributed by atoms with Gasteiger partial charge in [0, 0.05) is 58.0 Å². The number of benzene rings is 2. The van der Waals surface area contributed by atoms with Crippen molar-refractivity contribution in [3.8, 4) is 0 Å². The van der Waals surface area contributed by atoms with E-state index < -0.39 is 0 Å². The molecule has 0 aliphatic carbocycles. The smallest absolute Gasteiger partial charge is 0.191 e. The van der Waals surface area contributed by atoms with Gasteiger partial charge in [-0.3, -0.25) is 0 Å². The van der Waals surface area contributed by atoms with Crippen LogP contribution in [0.1, 0.15) is 75.1 Å². The van der Waals surface area contributed by atoms with Gasteiger partial charge in [-0.2, -0.15) is 0 Å². The van der Waals surface area contributed by atoms with Crippen LogP contribution in [0, 0.1) is 27.0 Å². The van der Waals surface area contributed by atoms with E-state index in [-0.39, 0.29) is 31.4 Å². The summed E-state index contributed by atoms with van der Waals surface area (Å²) in [7, 11) is 0. The molecule has 0 spiro atoms. The zero-order valence-corrected chi connectivity index (χ0v) is 40.6. The van der Waals surface area contributed by atoms with Crippen molar-refractivity contribution in [3.63, 3.8) is 0 Å². The van der Waals surface area contributed by atoms with E-state index in [0.29, 0.717) is 12.1 Å². The number of aromatic nitrogens is 4. The molecule has 62 heavy (non-hydrogen) atoms. The number of hydrogen-bond donors (Lipinski definition) is 3. The zero-order chi connectivity index (χ0) is 43.0. The number of hydrogen-bond acceptors (Lipinski definition) is 11. The third-order valence-corrected chi connectivity index (χ3v) is 13.2. The van der Waals surface area contributed by atoms with Gasteiger partial charge in [0.1, 0.15) is 34.0 Å². The van der Waals surface area contributed by atoms with Crippen LogP contribution in [0.25, 0.3) is 30.1 Å². The maximum Gasteiger partial charge on any atom is 0.191 e. The quantitative estimate of drug-likeness (QED) is 0.128. The Kier molecular flexibility index (Phi) is 22.6. The largest absolute Gasteiger partial charge is 0.397 e. The lowest BCUT2D eigenvalue weighted by atomic mass is 10.0. The molecule has 2 saturated heterocycles. The predicted molar refractivity (Wildman–Crippen MR) is 267 cm³/mol. The first-order valence-electron chi connectivity index (χ1n) is 20.4. The van der Waals surface area contributed by atoms with E-state index >= 15 is 0 Å². The van der Waals surface area contributed by atoms with Gasteiger partial charge in [-0.1, -0.05) is 92.0 Å². The summed E-state index contributed by atoms with van der Waals surface area (Å²) in [6.45, 7) is 30.5. The number of para-hydroxylation sites is 2. The van der Waals surface area contributed by atoms with Crippen LogP contribution in [0.2, 0.25) is 8.67 Å². The van der Waals surface area contributed by atoms with Crippen LogP contribution in [0.15, 0.2) is 61.2 Å². The minimum Gasteiger partial charge on any atom is -0.397 e. The molecule has 0 unspecified atom stereocenters. The number of thiophene rings is 2. The fourth-order valence-corrected chi connectivity index (χ4v) is 9.54. The summed E-state index contributed by atoms with van der Waals surface area (Å²) >= 11 is 15.6. The minimum atomic E-state index is 0. The number of aliphatic hydroxyl groups excluding tert-OH is 1. The standard InChI is InChI=1S/2C20H20ClN5S.C3H8.C2H6O.2ClH/c2*1-13-17-19(23-12-24-20(17)27-18(13)21)25-15-7-9-26(10-8-15)11-14-5-3-4-6-16(14)22-2;1-3-2;1-2-3;;/h2*3-6,12,15H,7-11H2,1H3,(H,23,24,25);3H2,1-2H3;3H,2H2,1H3;2*1H. The Morgan fingerprint density at radius 1 is 0.661 bits per heavy atom. The fourth-order valence-electron chi connectivity index (χ4n) is 7.15. The molecule has 17 heteroatoms. The highest BCUT2D eigenvalue weighted by molar-refractivity contribution is 7.23. The molecule has 0 amide bonds. The van der Waals surface area contributed by atoms with Crippen LogP contribution in [0.4, 0.5) is 23.0 Å². The molecule has 0 radical (unpaired) electrons. The number of piperidine rings is 2. The number of halogens is 4. The summed E-state index contributed by atoms with van der Waals surface area (Å²) in [5.41, 5.74) is 5.83. The highest BCUT2D eigenvalue weighted by atomic mass is 35.5. The van der Waals surface area contributed by atoms with Crippen molar-refractivity contribution in [2.24, 2.45) is 0 Å². The molecule has 4 aromatic heterocycles. The number of likely N-dealkylation sites (tertiary alicyclic amines) is 2. The van der Waals surface area contributed by atoms with Gasteiger partial charge in [0.2, 0.25) is 0 Å². The van der Waals surface area contributed by atoms with Crippen LogP contribution in [-0.2, 0) is 13.1 Å². The molecule has 0 saturated carbocycles. The molecule has 6 heterocycles. The molecular formula is C45H56Cl4N10OS2. The van der Waals surface area contributed by atoms with Gasteiger partial charge in [-0.15, -0.1) is 47.5 Å². The van der Waals surface area contributed by atoms with Crippen molar-refractivity contribution in [3.05, 3.63) is 115 Å². The Hall–Kier alpha value is -3.86. The Morgan fingerprint density at radius 2 is 1.00 bits per heavy atom. The SMILES string of the molecule is CCC.CCO.Cl.Cl.[C-]#[N+]c1ccccc1CN1CCC(Nc2ncnc3sc(Cl)c(C)c23)CC1.[C-]#[N+]c1ccccc1CN1CCC(Nc2ncnc3sc(Cl)c(C)c23)CC1. The number of anilines is 2. The number of aryl methyl sites for hydroxylation is 2. The summed E-state index contributed by atoms with van der Waals surface area (Å²) in [4.78, 5) is 31.6. The third kappa shape index (κ3) is 14.1. The first-order valence-corrected chi connectivity index (χ1v) is 22.8. The number of aliphatic hydroxyl groups is 1. The van der Waals surface area contributed by atoms with E-state index in [1.807, 2.05) is 50.2 Å². The van der Waals surface area contributed by atoms with E-state index in [1.54, 1.807) is 19.6 Å². The summed E-state index contributed by atoms with van der Waals surface area (Å²) < 4.78 is 1.56. The molecule has 2 fully saturated rings. The maximum absolute atomic E-state index is 7.57. The second-order valence-corrected chi connectivity index (χ2v) is 17.9. The average Bonchev–Trinajstić information content (AvgIpc) is 3.73. The van der Waals surface area contributed by atoms with E-state index in [4.69, 9.17) is 41.5 Å². The summed E-state index contributed by atoms with van der Waals surface area (Å²) in [5, 5.41) is 16.9. The van der Waals surface area contributed by atoms with Crippen LogP contribution in [0.3, 0.4) is 0 Å². The molecular weight excluding hydrogens is 903 g/mol. The second-order valence-electron chi connectivity index (χ2n) is 14.7. The minimum absolute atomic E-state index is 0. The number of rotatable bonds is 8. The molecule has 8 rings (SSSR count). The monoisotopic (exact) mass is 956 g/mol. The molecule has 0 atom stereocenters. The first-order chi connectivity index (χ1) is 29.1. The van der Waals surface area contributed by atoms with Crippen LogP contribution < -0.4 is 10.6 Å². The number of nitrogens with zero attached hydrogens (tertiary/aromatic N) is 8. The molecule has 2 aliphatic heterocycles. The molecule has 2 aliphatic rings. The Bertz CT molecular complexity index is 2220. The Labute approximate surface area is 396 Å². The van der Waals surface area contributed by atoms with Gasteiger partial charge in [-0.25, -0.2) is 29.6 Å². The molecule has 332 valence electrons. The first kappa shape index (κ1) is 52.5. The number of fused-ring (bicyclic) bond motifs is 2. The van der Waals surface area contributed by atoms with Crippen molar-refractivity contribution in [2.75, 3.05) is 43.4 Å². The normalized spacial score (nSPS) is 14.3. The average molecular weight is 959 g/mol. The molecule has 2 aromatic carbocycles. The van der Waals surface area contributed by atoms with Crippen LogP contribution >= 0.6 is 70.7 Å². The van der Waals surface area contributed by atoms with Crippen molar-refractivity contribution in [2.45, 2.75) is 91.9 Å². The van der Waals surface area contributed by atoms with Crippen molar-refractivity contribution >= 4 is 114 Å². The third-order valence-electron chi connectivity index (χ3n) is 10.2. The van der Waals surface area contributed by atoms with Gasteiger partial charge in [0.25, 0.3) is 0 Å². The topological polar surface area (TPSA) is 111 Å². The second kappa shape index (κ2) is 26.7. The molecule has 11 nitrogen and oxygen atoms in total. The Balaban J connectivity index is 0.000000285. The lowest BCUT2D eigenvalue weighted by Crippen LogP contribution is -2.38. The molecule has 0 bridgehead atoms. The Morgan fingerprint density at radius 3 is 1.34 bits per heavy atom. The summed E-state index contributed by atoms with van der Waals surface area (Å²) in [6.07, 6.45) is 8.64. The zero-order valence-electron chi connectivity index (χ0n) is 35.8. The predicted octanol–water partition coefficient (Wildman–Crippen LogP) is 12.8.